The highest BCUT2D eigenvalue weighted by Crippen LogP contribution is 2.56. The number of hydrogen-bond acceptors (Lipinski definition) is 5. The van der Waals surface area contributed by atoms with Gasteiger partial charge in [0, 0.05) is 35.0 Å². The number of nitrogens with two attached hydrogens (primary N) is 1. The molecule has 178 valence electrons. The Bertz CT molecular complexity index is 1920. The summed E-state index contributed by atoms with van der Waals surface area (Å²) in [6.07, 6.45) is -0.341. The fourth-order valence-corrected chi connectivity index (χ4v) is 6.94. The summed E-state index contributed by atoms with van der Waals surface area (Å²) in [5.41, 5.74) is 8.19. The van der Waals surface area contributed by atoms with E-state index in [0.29, 0.717) is 21.9 Å². The SMILES string of the molecule is CNC(=O)[C@@]1(N)CC2OC1(C)n1c3ccccc3c3c4c(c5c6ccccc6n2c5c31)C(=O)NC4=O. The van der Waals surface area contributed by atoms with Gasteiger partial charge in [0.25, 0.3) is 11.8 Å². The summed E-state index contributed by atoms with van der Waals surface area (Å²) < 4.78 is 10.8. The van der Waals surface area contributed by atoms with Crippen LogP contribution in [0.4, 0.5) is 0 Å². The summed E-state index contributed by atoms with van der Waals surface area (Å²) in [6.45, 7) is 1.84. The van der Waals surface area contributed by atoms with Crippen molar-refractivity contribution in [2.24, 2.45) is 5.73 Å². The van der Waals surface area contributed by atoms with Crippen LogP contribution in [0.5, 0.6) is 0 Å². The second-order valence-electron chi connectivity index (χ2n) is 10.0. The first-order valence-corrected chi connectivity index (χ1v) is 11.9. The molecule has 5 heterocycles. The number of rotatable bonds is 1. The van der Waals surface area contributed by atoms with E-state index in [9.17, 15) is 14.4 Å². The minimum atomic E-state index is -1.41. The first-order chi connectivity index (χ1) is 17.3. The zero-order valence-electron chi connectivity index (χ0n) is 19.5. The molecular formula is C27H21N5O4. The number of carbonyl (C=O) groups is 3. The highest BCUT2D eigenvalue weighted by molar-refractivity contribution is 6.39. The molecular weight excluding hydrogens is 458 g/mol. The number of nitrogens with one attached hydrogen (secondary N) is 2. The Hall–Kier alpha value is -4.21. The number of aromatic nitrogens is 2. The highest BCUT2D eigenvalue weighted by Gasteiger charge is 2.63. The van der Waals surface area contributed by atoms with Crippen molar-refractivity contribution in [3.05, 3.63) is 59.7 Å². The molecule has 36 heavy (non-hydrogen) atoms. The van der Waals surface area contributed by atoms with E-state index in [1.165, 1.54) is 0 Å². The van der Waals surface area contributed by atoms with E-state index in [1.807, 2.05) is 60.0 Å². The largest absolute Gasteiger partial charge is 0.357 e. The fourth-order valence-electron chi connectivity index (χ4n) is 6.94. The Kier molecular flexibility index (Phi) is 3.31. The van der Waals surface area contributed by atoms with Crippen molar-refractivity contribution in [1.29, 1.82) is 0 Å². The number of para-hydroxylation sites is 2. The maximum Gasteiger partial charge on any atom is 0.259 e. The molecule has 3 aliphatic heterocycles. The number of carbonyl (C=O) groups excluding carboxylic acids is 3. The summed E-state index contributed by atoms with van der Waals surface area (Å²) in [5.74, 6) is -1.16. The van der Waals surface area contributed by atoms with Crippen LogP contribution in [0.2, 0.25) is 0 Å². The molecule has 5 aromatic rings. The molecule has 1 saturated heterocycles. The number of imide groups is 1. The van der Waals surface area contributed by atoms with Gasteiger partial charge in [0.15, 0.2) is 5.72 Å². The van der Waals surface area contributed by atoms with Gasteiger partial charge in [0.05, 0.1) is 33.2 Å². The zero-order valence-corrected chi connectivity index (χ0v) is 19.5. The first kappa shape index (κ1) is 20.0. The van der Waals surface area contributed by atoms with Gasteiger partial charge in [-0.1, -0.05) is 36.4 Å². The van der Waals surface area contributed by atoms with E-state index in [4.69, 9.17) is 10.5 Å². The third-order valence-corrected chi connectivity index (χ3v) is 8.48. The van der Waals surface area contributed by atoms with Crippen LogP contribution in [0, 0.1) is 0 Å². The molecule has 0 saturated carbocycles. The maximum absolute atomic E-state index is 13.4. The number of hydrogen-bond donors (Lipinski definition) is 3. The van der Waals surface area contributed by atoms with E-state index in [1.54, 1.807) is 7.05 Å². The van der Waals surface area contributed by atoms with Crippen LogP contribution in [-0.2, 0) is 15.3 Å². The van der Waals surface area contributed by atoms with Crippen molar-refractivity contribution in [2.75, 3.05) is 7.05 Å². The Balaban J connectivity index is 1.75. The van der Waals surface area contributed by atoms with Crippen LogP contribution in [0.15, 0.2) is 48.5 Å². The van der Waals surface area contributed by atoms with Crippen molar-refractivity contribution in [3.8, 4) is 0 Å². The monoisotopic (exact) mass is 479 g/mol. The molecule has 4 N–H and O–H groups in total. The van der Waals surface area contributed by atoms with E-state index in [2.05, 4.69) is 15.2 Å². The van der Waals surface area contributed by atoms with Gasteiger partial charge < -0.3 is 24.9 Å². The third kappa shape index (κ3) is 1.87. The normalized spacial score (nSPS) is 26.4. The van der Waals surface area contributed by atoms with Crippen molar-refractivity contribution < 1.29 is 19.1 Å². The zero-order chi connectivity index (χ0) is 24.7. The molecule has 0 radical (unpaired) electrons. The first-order valence-electron chi connectivity index (χ1n) is 11.9. The minimum Gasteiger partial charge on any atom is -0.357 e. The fraction of sp³-hybridized carbons (Fsp3) is 0.222. The second kappa shape index (κ2) is 5.95. The average molecular weight is 479 g/mol. The molecule has 9 heteroatoms. The van der Waals surface area contributed by atoms with E-state index >= 15 is 0 Å². The summed E-state index contributed by atoms with van der Waals surface area (Å²) >= 11 is 0. The van der Waals surface area contributed by atoms with Gasteiger partial charge in [-0.15, -0.1) is 0 Å². The lowest BCUT2D eigenvalue weighted by molar-refractivity contribution is -0.148. The molecule has 2 aromatic heterocycles. The molecule has 2 bridgehead atoms. The van der Waals surface area contributed by atoms with Crippen LogP contribution in [0.25, 0.3) is 43.6 Å². The number of ether oxygens (including phenoxy) is 1. The van der Waals surface area contributed by atoms with E-state index in [0.717, 1.165) is 32.8 Å². The maximum atomic E-state index is 13.4. The molecule has 2 unspecified atom stereocenters. The molecule has 3 aromatic carbocycles. The standard InChI is InChI=1S/C27H21N5O4/c1-26-27(28,25(35)29-2)11-16(36-26)31-14-9-5-3-7-12(14)17-19-20(24(34)30-23(19)33)18-13-8-4-6-10-15(13)32(26)22(18)21(17)31/h3-10,16H,11,28H2,1-2H3,(H,29,35)(H,30,33,34)/t16?,26?,27-/m0/s1. The lowest BCUT2D eigenvalue weighted by atomic mass is 9.85. The molecule has 0 spiro atoms. The van der Waals surface area contributed by atoms with Crippen molar-refractivity contribution in [2.45, 2.75) is 30.8 Å². The summed E-state index contributed by atoms with van der Waals surface area (Å²) in [6, 6.07) is 15.4. The Labute approximate surface area is 203 Å². The number of nitrogens with zero attached hydrogens (tertiary/aromatic N) is 2. The topological polar surface area (TPSA) is 120 Å². The van der Waals surface area contributed by atoms with E-state index < -0.39 is 29.3 Å². The average Bonchev–Trinajstić information content (AvgIpc) is 3.54. The lowest BCUT2D eigenvalue weighted by Crippen LogP contribution is -2.65. The van der Waals surface area contributed by atoms with Gasteiger partial charge in [0.2, 0.25) is 5.91 Å². The summed E-state index contributed by atoms with van der Waals surface area (Å²) in [4.78, 5) is 39.9. The molecule has 8 rings (SSSR count). The Morgan fingerprint density at radius 1 is 1.00 bits per heavy atom. The predicted octanol–water partition coefficient (Wildman–Crippen LogP) is 2.83. The molecule has 3 atom stereocenters. The summed E-state index contributed by atoms with van der Waals surface area (Å²) in [7, 11) is 1.57. The molecule has 3 amide bonds. The third-order valence-electron chi connectivity index (χ3n) is 8.48. The van der Waals surface area contributed by atoms with Gasteiger partial charge in [-0.25, -0.2) is 0 Å². The predicted molar refractivity (Wildman–Crippen MR) is 134 cm³/mol. The van der Waals surface area contributed by atoms with Crippen LogP contribution in [-0.4, -0.2) is 39.4 Å². The Morgan fingerprint density at radius 3 is 2.25 bits per heavy atom. The molecule has 9 nitrogen and oxygen atoms in total. The van der Waals surface area contributed by atoms with Gasteiger partial charge in [-0.05, 0) is 19.1 Å². The van der Waals surface area contributed by atoms with Gasteiger partial charge in [-0.3, -0.25) is 19.7 Å². The minimum absolute atomic E-state index is 0.229. The van der Waals surface area contributed by atoms with Gasteiger partial charge in [0.1, 0.15) is 11.8 Å². The van der Waals surface area contributed by atoms with Crippen LogP contribution >= 0.6 is 0 Å². The number of amides is 3. The quantitative estimate of drug-likeness (QED) is 0.319. The van der Waals surface area contributed by atoms with Crippen LogP contribution < -0.4 is 16.4 Å². The lowest BCUT2D eigenvalue weighted by Gasteiger charge is -2.39. The number of benzene rings is 3. The second-order valence-corrected chi connectivity index (χ2v) is 10.0. The van der Waals surface area contributed by atoms with Crippen LogP contribution in [0.1, 0.15) is 40.3 Å². The van der Waals surface area contributed by atoms with Crippen molar-refractivity contribution in [1.82, 2.24) is 19.8 Å². The smallest absolute Gasteiger partial charge is 0.259 e. The van der Waals surface area contributed by atoms with Crippen molar-refractivity contribution >= 4 is 61.3 Å². The number of likely N-dealkylation sites (N-methyl/N-ethyl adjacent to an activating group) is 1. The van der Waals surface area contributed by atoms with Crippen molar-refractivity contribution in [3.63, 3.8) is 0 Å². The summed E-state index contributed by atoms with van der Waals surface area (Å²) in [5, 5.41) is 8.27. The number of fused-ring (bicyclic) bond motifs is 13. The van der Waals surface area contributed by atoms with Crippen LogP contribution in [0.3, 0.4) is 0 Å². The highest BCUT2D eigenvalue weighted by atomic mass is 16.5. The van der Waals surface area contributed by atoms with Gasteiger partial charge in [-0.2, -0.15) is 0 Å². The molecule has 0 aliphatic carbocycles. The molecule has 1 fully saturated rings. The molecule has 3 aliphatic rings. The Morgan fingerprint density at radius 2 is 1.58 bits per heavy atom. The van der Waals surface area contributed by atoms with Gasteiger partial charge >= 0.3 is 0 Å². The van der Waals surface area contributed by atoms with E-state index in [-0.39, 0.29) is 12.3 Å².